The van der Waals surface area contributed by atoms with E-state index in [-0.39, 0.29) is 6.10 Å². The molecule has 0 radical (unpaired) electrons. The molecule has 1 aliphatic rings. The van der Waals surface area contributed by atoms with Crippen molar-refractivity contribution in [2.24, 2.45) is 5.92 Å². The number of hydrogen-bond donors (Lipinski definition) is 0. The zero-order valence-electron chi connectivity index (χ0n) is 7.30. The number of rotatable bonds is 2. The van der Waals surface area contributed by atoms with Crippen LogP contribution < -0.4 is 0 Å². The van der Waals surface area contributed by atoms with Gasteiger partial charge in [0.15, 0.2) is 0 Å². The highest BCUT2D eigenvalue weighted by Gasteiger charge is 2.20. The lowest BCUT2D eigenvalue weighted by Gasteiger charge is -2.22. The van der Waals surface area contributed by atoms with Crippen LogP contribution in [0.3, 0.4) is 0 Å². The van der Waals surface area contributed by atoms with Crippen LogP contribution in [0.15, 0.2) is 0 Å². The summed E-state index contributed by atoms with van der Waals surface area (Å²) < 4.78 is 5.44. The Hall–Kier alpha value is -0.370. The molecule has 1 rings (SSSR count). The van der Waals surface area contributed by atoms with Crippen molar-refractivity contribution in [1.29, 1.82) is 0 Å². The second kappa shape index (κ2) is 3.86. The van der Waals surface area contributed by atoms with Gasteiger partial charge in [-0.1, -0.05) is 13.8 Å². The van der Waals surface area contributed by atoms with Gasteiger partial charge in [0.2, 0.25) is 0 Å². The van der Waals surface area contributed by atoms with Crippen LogP contribution in [0, 0.1) is 5.92 Å². The largest absolute Gasteiger partial charge is 0.377 e. The van der Waals surface area contributed by atoms with Crippen molar-refractivity contribution in [3.05, 3.63) is 0 Å². The third-order valence-corrected chi connectivity index (χ3v) is 1.92. The maximum atomic E-state index is 11.0. The number of hydrogen-bond acceptors (Lipinski definition) is 2. The van der Waals surface area contributed by atoms with E-state index in [1.54, 1.807) is 0 Å². The van der Waals surface area contributed by atoms with Crippen LogP contribution in [0.4, 0.5) is 0 Å². The summed E-state index contributed by atoms with van der Waals surface area (Å²) >= 11 is 0. The van der Waals surface area contributed by atoms with E-state index in [2.05, 4.69) is 13.8 Å². The highest BCUT2D eigenvalue weighted by molar-refractivity contribution is 5.79. The molecule has 1 saturated heterocycles. The van der Waals surface area contributed by atoms with Gasteiger partial charge in [-0.05, 0) is 12.3 Å². The molecule has 0 aliphatic carbocycles. The van der Waals surface area contributed by atoms with Gasteiger partial charge in [-0.3, -0.25) is 4.79 Å². The first-order valence-electron chi connectivity index (χ1n) is 4.32. The van der Waals surface area contributed by atoms with Crippen molar-refractivity contribution >= 4 is 5.78 Å². The third kappa shape index (κ3) is 3.02. The van der Waals surface area contributed by atoms with Gasteiger partial charge in [0, 0.05) is 12.8 Å². The Morgan fingerprint density at radius 2 is 2.36 bits per heavy atom. The molecule has 0 amide bonds. The molecule has 11 heavy (non-hydrogen) atoms. The lowest BCUT2D eigenvalue weighted by Crippen LogP contribution is -2.26. The average molecular weight is 156 g/mol. The highest BCUT2D eigenvalue weighted by atomic mass is 16.5. The zero-order chi connectivity index (χ0) is 8.27. The Kier molecular flexibility index (Phi) is 3.06. The monoisotopic (exact) mass is 156 g/mol. The Balaban J connectivity index is 2.28. The zero-order valence-corrected chi connectivity index (χ0v) is 7.30. The molecule has 0 spiro atoms. The number of ether oxygens (including phenoxy) is 1. The Labute approximate surface area is 67.9 Å². The average Bonchev–Trinajstić information content (AvgIpc) is 1.85. The standard InChI is InChI=1S/C9H16O2/c1-7(2)5-9-6-8(10)3-4-11-9/h7,9H,3-6H2,1-2H3. The van der Waals surface area contributed by atoms with Crippen LogP contribution >= 0.6 is 0 Å². The molecule has 1 aliphatic heterocycles. The van der Waals surface area contributed by atoms with Gasteiger partial charge in [0.05, 0.1) is 12.7 Å². The van der Waals surface area contributed by atoms with Crippen molar-refractivity contribution in [2.45, 2.75) is 39.2 Å². The van der Waals surface area contributed by atoms with E-state index in [0.29, 0.717) is 31.1 Å². The van der Waals surface area contributed by atoms with E-state index in [4.69, 9.17) is 4.74 Å². The van der Waals surface area contributed by atoms with E-state index >= 15 is 0 Å². The van der Waals surface area contributed by atoms with Gasteiger partial charge >= 0.3 is 0 Å². The van der Waals surface area contributed by atoms with Crippen molar-refractivity contribution in [2.75, 3.05) is 6.61 Å². The van der Waals surface area contributed by atoms with E-state index in [1.165, 1.54) is 0 Å². The Morgan fingerprint density at radius 1 is 1.64 bits per heavy atom. The normalized spacial score (nSPS) is 26.1. The SMILES string of the molecule is CC(C)CC1CC(=O)CCO1. The molecule has 0 N–H and O–H groups in total. The first-order chi connectivity index (χ1) is 5.18. The molecule has 0 bridgehead atoms. The van der Waals surface area contributed by atoms with Gasteiger partial charge in [0.25, 0.3) is 0 Å². The molecule has 1 heterocycles. The van der Waals surface area contributed by atoms with Gasteiger partial charge in [-0.25, -0.2) is 0 Å². The van der Waals surface area contributed by atoms with E-state index in [9.17, 15) is 4.79 Å². The second-order valence-electron chi connectivity index (χ2n) is 3.62. The van der Waals surface area contributed by atoms with Crippen molar-refractivity contribution in [3.63, 3.8) is 0 Å². The van der Waals surface area contributed by atoms with E-state index in [1.807, 2.05) is 0 Å². The molecule has 64 valence electrons. The quantitative estimate of drug-likeness (QED) is 0.609. The van der Waals surface area contributed by atoms with Gasteiger partial charge < -0.3 is 4.74 Å². The maximum absolute atomic E-state index is 11.0. The minimum absolute atomic E-state index is 0.205. The van der Waals surface area contributed by atoms with E-state index < -0.39 is 0 Å². The summed E-state index contributed by atoms with van der Waals surface area (Å²) in [4.78, 5) is 11.0. The molecular weight excluding hydrogens is 140 g/mol. The van der Waals surface area contributed by atoms with Crippen LogP contribution in [0.2, 0.25) is 0 Å². The van der Waals surface area contributed by atoms with Gasteiger partial charge in [-0.2, -0.15) is 0 Å². The molecule has 1 unspecified atom stereocenters. The van der Waals surface area contributed by atoms with Crippen molar-refractivity contribution in [3.8, 4) is 0 Å². The molecule has 0 aromatic rings. The summed E-state index contributed by atoms with van der Waals surface area (Å²) in [6.07, 6.45) is 2.48. The first-order valence-corrected chi connectivity index (χ1v) is 4.32. The molecule has 1 fully saturated rings. The van der Waals surface area contributed by atoms with Crippen LogP contribution in [0.5, 0.6) is 0 Å². The maximum Gasteiger partial charge on any atom is 0.137 e. The minimum Gasteiger partial charge on any atom is -0.377 e. The fourth-order valence-electron chi connectivity index (χ4n) is 1.43. The van der Waals surface area contributed by atoms with Crippen LogP contribution in [-0.2, 0) is 9.53 Å². The van der Waals surface area contributed by atoms with Gasteiger partial charge in [0.1, 0.15) is 5.78 Å². The summed E-state index contributed by atoms with van der Waals surface area (Å²) in [5.41, 5.74) is 0. The molecule has 2 nitrogen and oxygen atoms in total. The summed E-state index contributed by atoms with van der Waals surface area (Å²) in [6.45, 7) is 4.95. The fraction of sp³-hybridized carbons (Fsp3) is 0.889. The third-order valence-electron chi connectivity index (χ3n) is 1.92. The molecule has 1 atom stereocenters. The number of carbonyl (C=O) groups is 1. The smallest absolute Gasteiger partial charge is 0.137 e. The summed E-state index contributed by atoms with van der Waals surface area (Å²) in [5.74, 6) is 0.993. The number of Topliss-reactive ketones (excluding diaryl/α,β-unsaturated/α-hetero) is 1. The van der Waals surface area contributed by atoms with Crippen LogP contribution in [0.25, 0.3) is 0 Å². The summed E-state index contributed by atoms with van der Waals surface area (Å²) in [7, 11) is 0. The molecule has 0 saturated carbocycles. The number of carbonyl (C=O) groups excluding carboxylic acids is 1. The fourth-order valence-corrected chi connectivity index (χ4v) is 1.43. The van der Waals surface area contributed by atoms with Gasteiger partial charge in [-0.15, -0.1) is 0 Å². The number of ketones is 1. The topological polar surface area (TPSA) is 26.3 Å². The molecule has 0 aromatic heterocycles. The predicted molar refractivity (Wildman–Crippen MR) is 43.4 cm³/mol. The summed E-state index contributed by atoms with van der Waals surface area (Å²) in [6, 6.07) is 0. The second-order valence-corrected chi connectivity index (χ2v) is 3.62. The molecular formula is C9H16O2. The lowest BCUT2D eigenvalue weighted by atomic mass is 9.99. The van der Waals surface area contributed by atoms with Crippen LogP contribution in [0.1, 0.15) is 33.1 Å². The van der Waals surface area contributed by atoms with Crippen molar-refractivity contribution < 1.29 is 9.53 Å². The molecule has 2 heteroatoms. The minimum atomic E-state index is 0.205. The lowest BCUT2D eigenvalue weighted by molar-refractivity contribution is -0.129. The highest BCUT2D eigenvalue weighted by Crippen LogP contribution is 2.16. The Morgan fingerprint density at radius 3 is 2.91 bits per heavy atom. The summed E-state index contributed by atoms with van der Waals surface area (Å²) in [5, 5.41) is 0. The molecule has 0 aromatic carbocycles. The van der Waals surface area contributed by atoms with Crippen molar-refractivity contribution in [1.82, 2.24) is 0 Å². The van der Waals surface area contributed by atoms with E-state index in [0.717, 1.165) is 6.42 Å². The Bertz CT molecular complexity index is 140. The predicted octanol–water partition coefficient (Wildman–Crippen LogP) is 1.78. The first kappa shape index (κ1) is 8.72. The van der Waals surface area contributed by atoms with Crippen LogP contribution in [-0.4, -0.2) is 18.5 Å².